The zero-order valence-corrected chi connectivity index (χ0v) is 11.1. The van der Waals surface area contributed by atoms with Crippen LogP contribution >= 0.6 is 0 Å². The fourth-order valence-corrected chi connectivity index (χ4v) is 3.03. The van der Waals surface area contributed by atoms with E-state index in [1.807, 2.05) is 12.4 Å². The van der Waals surface area contributed by atoms with Gasteiger partial charge in [-0.3, -0.25) is 4.98 Å². The van der Waals surface area contributed by atoms with E-state index in [9.17, 15) is 0 Å². The molecule has 1 aromatic heterocycles. The normalized spacial score (nSPS) is 19.2. The van der Waals surface area contributed by atoms with Gasteiger partial charge in [0, 0.05) is 18.4 Å². The van der Waals surface area contributed by atoms with E-state index in [1.54, 1.807) is 0 Å². The summed E-state index contributed by atoms with van der Waals surface area (Å²) in [6.45, 7) is 2.16. The van der Waals surface area contributed by atoms with E-state index >= 15 is 0 Å². The molecule has 1 aliphatic carbocycles. The van der Waals surface area contributed by atoms with Crippen LogP contribution in [0.25, 0.3) is 0 Å². The Morgan fingerprint density at radius 1 is 1.35 bits per heavy atom. The highest BCUT2D eigenvalue weighted by atomic mass is 14.9. The van der Waals surface area contributed by atoms with Gasteiger partial charge in [0.05, 0.1) is 0 Å². The Hall–Kier alpha value is -0.890. The number of aromatic nitrogens is 1. The van der Waals surface area contributed by atoms with Gasteiger partial charge in [0.2, 0.25) is 0 Å². The molecule has 0 saturated heterocycles. The van der Waals surface area contributed by atoms with Crippen molar-refractivity contribution in [1.29, 1.82) is 0 Å². The second-order valence-corrected chi connectivity index (χ2v) is 5.31. The summed E-state index contributed by atoms with van der Waals surface area (Å²) in [5, 5.41) is 3.48. The van der Waals surface area contributed by atoms with E-state index in [0.717, 1.165) is 5.92 Å². The van der Waals surface area contributed by atoms with E-state index in [-0.39, 0.29) is 0 Å². The molecule has 0 spiro atoms. The molecule has 0 aliphatic heterocycles. The van der Waals surface area contributed by atoms with Gasteiger partial charge in [0.25, 0.3) is 0 Å². The number of hydrogen-bond acceptors (Lipinski definition) is 2. The monoisotopic (exact) mass is 232 g/mol. The summed E-state index contributed by atoms with van der Waals surface area (Å²) in [5.41, 5.74) is 2.73. The molecule has 1 N–H and O–H groups in total. The zero-order valence-electron chi connectivity index (χ0n) is 11.1. The first-order valence-corrected chi connectivity index (χ1v) is 6.89. The fourth-order valence-electron chi connectivity index (χ4n) is 3.03. The number of aryl methyl sites for hydroxylation is 1. The third-order valence-corrected chi connectivity index (χ3v) is 4.08. The van der Waals surface area contributed by atoms with Crippen LogP contribution in [0.15, 0.2) is 18.5 Å². The van der Waals surface area contributed by atoms with Crippen LogP contribution < -0.4 is 5.32 Å². The molecule has 2 rings (SSSR count). The lowest BCUT2D eigenvalue weighted by atomic mass is 9.83. The van der Waals surface area contributed by atoms with Gasteiger partial charge in [0.1, 0.15) is 0 Å². The van der Waals surface area contributed by atoms with Crippen molar-refractivity contribution in [3.63, 3.8) is 0 Å². The Balaban J connectivity index is 2.03. The minimum atomic E-state index is 0.501. The molecule has 0 aromatic carbocycles. The number of hydrogen-bond donors (Lipinski definition) is 1. The first kappa shape index (κ1) is 12.6. The molecule has 1 atom stereocenters. The van der Waals surface area contributed by atoms with E-state index in [1.165, 1.54) is 49.7 Å². The Bertz CT molecular complexity index is 343. The van der Waals surface area contributed by atoms with Crippen molar-refractivity contribution in [2.24, 2.45) is 5.92 Å². The number of nitrogens with one attached hydrogen (secondary N) is 1. The molecule has 1 aliphatic rings. The molecule has 1 heterocycles. The van der Waals surface area contributed by atoms with Crippen molar-refractivity contribution in [2.75, 3.05) is 7.05 Å². The summed E-state index contributed by atoms with van der Waals surface area (Å²) in [5.74, 6) is 0.911. The Morgan fingerprint density at radius 2 is 2.12 bits per heavy atom. The molecule has 94 valence electrons. The van der Waals surface area contributed by atoms with Crippen molar-refractivity contribution < 1.29 is 0 Å². The highest BCUT2D eigenvalue weighted by Gasteiger charge is 2.19. The molecule has 1 fully saturated rings. The average Bonchev–Trinajstić information content (AvgIpc) is 2.38. The highest BCUT2D eigenvalue weighted by molar-refractivity contribution is 5.25. The van der Waals surface area contributed by atoms with Gasteiger partial charge in [0.15, 0.2) is 0 Å². The second-order valence-electron chi connectivity index (χ2n) is 5.31. The maximum absolute atomic E-state index is 4.18. The summed E-state index contributed by atoms with van der Waals surface area (Å²) in [6, 6.07) is 2.67. The van der Waals surface area contributed by atoms with E-state index in [0.29, 0.717) is 6.04 Å². The van der Waals surface area contributed by atoms with E-state index in [2.05, 4.69) is 30.3 Å². The SMILES string of the molecule is CNC(CC1CCCCC1)c1ccncc1C. The summed E-state index contributed by atoms with van der Waals surface area (Å²) in [7, 11) is 2.08. The van der Waals surface area contributed by atoms with Crippen molar-refractivity contribution in [1.82, 2.24) is 10.3 Å². The maximum Gasteiger partial charge on any atom is 0.0323 e. The Kier molecular flexibility index (Phi) is 4.55. The van der Waals surface area contributed by atoms with Gasteiger partial charge < -0.3 is 5.32 Å². The topological polar surface area (TPSA) is 24.9 Å². The van der Waals surface area contributed by atoms with Crippen molar-refractivity contribution in [2.45, 2.75) is 51.5 Å². The largest absolute Gasteiger partial charge is 0.313 e. The molecule has 2 nitrogen and oxygen atoms in total. The predicted molar refractivity (Wildman–Crippen MR) is 72.0 cm³/mol. The third-order valence-electron chi connectivity index (χ3n) is 4.08. The van der Waals surface area contributed by atoms with Crippen LogP contribution in [0.1, 0.15) is 55.7 Å². The van der Waals surface area contributed by atoms with Gasteiger partial charge in [-0.05, 0) is 43.5 Å². The van der Waals surface area contributed by atoms with Crippen LogP contribution in [-0.2, 0) is 0 Å². The smallest absolute Gasteiger partial charge is 0.0323 e. The van der Waals surface area contributed by atoms with Crippen LogP contribution in [0, 0.1) is 12.8 Å². The number of nitrogens with zero attached hydrogens (tertiary/aromatic N) is 1. The molecular weight excluding hydrogens is 208 g/mol. The standard InChI is InChI=1S/C15H24N2/c1-12-11-17-9-8-14(12)15(16-2)10-13-6-4-3-5-7-13/h8-9,11,13,15-16H,3-7,10H2,1-2H3. The summed E-state index contributed by atoms with van der Waals surface area (Å²) >= 11 is 0. The summed E-state index contributed by atoms with van der Waals surface area (Å²) in [6.07, 6.45) is 12.3. The molecule has 1 unspecified atom stereocenters. The molecule has 2 heteroatoms. The molecule has 0 bridgehead atoms. The Morgan fingerprint density at radius 3 is 2.76 bits per heavy atom. The second kappa shape index (κ2) is 6.15. The maximum atomic E-state index is 4.18. The Labute approximate surface area is 105 Å². The molecular formula is C15H24N2. The molecule has 0 amide bonds. The van der Waals surface area contributed by atoms with Crippen molar-refractivity contribution >= 4 is 0 Å². The quantitative estimate of drug-likeness (QED) is 0.857. The molecule has 17 heavy (non-hydrogen) atoms. The molecule has 0 radical (unpaired) electrons. The first-order chi connectivity index (χ1) is 8.31. The highest BCUT2D eigenvalue weighted by Crippen LogP contribution is 2.32. The molecule has 1 aromatic rings. The van der Waals surface area contributed by atoms with Gasteiger partial charge in [-0.15, -0.1) is 0 Å². The zero-order chi connectivity index (χ0) is 12.1. The van der Waals surface area contributed by atoms with E-state index in [4.69, 9.17) is 0 Å². The lowest BCUT2D eigenvalue weighted by molar-refractivity contribution is 0.305. The summed E-state index contributed by atoms with van der Waals surface area (Å²) < 4.78 is 0. The van der Waals surface area contributed by atoms with Crippen LogP contribution in [0.4, 0.5) is 0 Å². The summed E-state index contributed by atoms with van der Waals surface area (Å²) in [4.78, 5) is 4.18. The lowest BCUT2D eigenvalue weighted by Crippen LogP contribution is -2.22. The van der Waals surface area contributed by atoms with Crippen LogP contribution in [0.3, 0.4) is 0 Å². The minimum Gasteiger partial charge on any atom is -0.313 e. The third kappa shape index (κ3) is 3.29. The van der Waals surface area contributed by atoms with Crippen LogP contribution in [0.5, 0.6) is 0 Å². The predicted octanol–water partition coefficient (Wildman–Crippen LogP) is 3.62. The van der Waals surface area contributed by atoms with Gasteiger partial charge >= 0.3 is 0 Å². The van der Waals surface area contributed by atoms with E-state index < -0.39 is 0 Å². The van der Waals surface area contributed by atoms with Crippen LogP contribution in [-0.4, -0.2) is 12.0 Å². The van der Waals surface area contributed by atoms with Gasteiger partial charge in [-0.1, -0.05) is 32.1 Å². The van der Waals surface area contributed by atoms with Gasteiger partial charge in [-0.25, -0.2) is 0 Å². The minimum absolute atomic E-state index is 0.501. The molecule has 1 saturated carbocycles. The average molecular weight is 232 g/mol. The van der Waals surface area contributed by atoms with Gasteiger partial charge in [-0.2, -0.15) is 0 Å². The van der Waals surface area contributed by atoms with Crippen molar-refractivity contribution in [3.05, 3.63) is 29.6 Å². The number of pyridine rings is 1. The first-order valence-electron chi connectivity index (χ1n) is 6.89. The fraction of sp³-hybridized carbons (Fsp3) is 0.667. The van der Waals surface area contributed by atoms with Crippen LogP contribution in [0.2, 0.25) is 0 Å². The number of rotatable bonds is 4. The van der Waals surface area contributed by atoms with Crippen molar-refractivity contribution in [3.8, 4) is 0 Å². The lowest BCUT2D eigenvalue weighted by Gasteiger charge is -2.27.